The standard InChI is InChI=1S/C13H25N3/c1-11(2)7-16-9-12(3)8-15(4)13(10-16)5-6-14/h11-13H,5,7-10H2,1-4H3. The Morgan fingerprint density at radius 1 is 1.31 bits per heavy atom. The predicted octanol–water partition coefficient (Wildman–Crippen LogP) is 1.81. The zero-order chi connectivity index (χ0) is 12.1. The van der Waals surface area contributed by atoms with Crippen molar-refractivity contribution in [3.05, 3.63) is 0 Å². The number of hydrogen-bond donors (Lipinski definition) is 0. The van der Waals surface area contributed by atoms with E-state index in [2.05, 4.69) is 43.7 Å². The molecule has 3 nitrogen and oxygen atoms in total. The van der Waals surface area contributed by atoms with Crippen molar-refractivity contribution in [2.45, 2.75) is 33.2 Å². The van der Waals surface area contributed by atoms with Crippen LogP contribution in [0, 0.1) is 23.2 Å². The molecule has 1 aliphatic heterocycles. The van der Waals surface area contributed by atoms with Crippen LogP contribution in [0.5, 0.6) is 0 Å². The van der Waals surface area contributed by atoms with Crippen LogP contribution in [0.4, 0.5) is 0 Å². The third kappa shape index (κ3) is 4.11. The first kappa shape index (κ1) is 13.5. The second-order valence-corrected chi connectivity index (χ2v) is 5.67. The first-order valence-electron chi connectivity index (χ1n) is 6.32. The van der Waals surface area contributed by atoms with Crippen molar-refractivity contribution in [2.24, 2.45) is 11.8 Å². The van der Waals surface area contributed by atoms with Gasteiger partial charge in [0.05, 0.1) is 12.5 Å². The minimum absolute atomic E-state index is 0.411. The second kappa shape index (κ2) is 6.22. The van der Waals surface area contributed by atoms with E-state index in [1.165, 1.54) is 6.54 Å². The molecule has 0 amide bonds. The summed E-state index contributed by atoms with van der Waals surface area (Å²) in [6, 6.07) is 2.73. The highest BCUT2D eigenvalue weighted by atomic mass is 15.2. The van der Waals surface area contributed by atoms with Gasteiger partial charge in [-0.05, 0) is 18.9 Å². The van der Waals surface area contributed by atoms with Crippen LogP contribution in [0.1, 0.15) is 27.2 Å². The van der Waals surface area contributed by atoms with Crippen LogP contribution < -0.4 is 0 Å². The van der Waals surface area contributed by atoms with Gasteiger partial charge in [-0.15, -0.1) is 0 Å². The van der Waals surface area contributed by atoms with E-state index < -0.39 is 0 Å². The molecule has 0 aromatic rings. The molecule has 3 heteroatoms. The summed E-state index contributed by atoms with van der Waals surface area (Å²) in [6.45, 7) is 11.3. The number of hydrogen-bond acceptors (Lipinski definition) is 3. The van der Waals surface area contributed by atoms with Crippen LogP contribution >= 0.6 is 0 Å². The van der Waals surface area contributed by atoms with Gasteiger partial charge >= 0.3 is 0 Å². The molecule has 0 N–H and O–H groups in total. The average molecular weight is 223 g/mol. The maximum atomic E-state index is 8.87. The molecular weight excluding hydrogens is 198 g/mol. The summed E-state index contributed by atoms with van der Waals surface area (Å²) in [5.41, 5.74) is 0. The summed E-state index contributed by atoms with van der Waals surface area (Å²) in [6.07, 6.45) is 0.651. The molecule has 1 saturated heterocycles. The second-order valence-electron chi connectivity index (χ2n) is 5.67. The van der Waals surface area contributed by atoms with Crippen LogP contribution in [-0.4, -0.2) is 49.1 Å². The van der Waals surface area contributed by atoms with Crippen molar-refractivity contribution in [3.63, 3.8) is 0 Å². The number of likely N-dealkylation sites (N-methyl/N-ethyl adjacent to an activating group) is 1. The fraction of sp³-hybridized carbons (Fsp3) is 0.923. The highest BCUT2D eigenvalue weighted by Crippen LogP contribution is 2.15. The fourth-order valence-electron chi connectivity index (χ4n) is 2.64. The van der Waals surface area contributed by atoms with Gasteiger partial charge in [-0.3, -0.25) is 0 Å². The molecule has 0 saturated carbocycles. The summed E-state index contributed by atoms with van der Waals surface area (Å²) in [7, 11) is 2.15. The third-order valence-electron chi connectivity index (χ3n) is 3.21. The van der Waals surface area contributed by atoms with E-state index in [1.54, 1.807) is 0 Å². The van der Waals surface area contributed by atoms with Gasteiger partial charge in [0.1, 0.15) is 0 Å². The first-order chi connectivity index (χ1) is 7.52. The van der Waals surface area contributed by atoms with E-state index in [1.807, 2.05) is 0 Å². The molecule has 0 spiro atoms. The molecule has 1 rings (SSSR count). The Kier molecular flexibility index (Phi) is 5.24. The highest BCUT2D eigenvalue weighted by Gasteiger charge is 2.25. The van der Waals surface area contributed by atoms with Crippen LogP contribution in [0.3, 0.4) is 0 Å². The van der Waals surface area contributed by atoms with E-state index in [9.17, 15) is 0 Å². The molecule has 2 unspecified atom stereocenters. The minimum Gasteiger partial charge on any atom is -0.301 e. The highest BCUT2D eigenvalue weighted by molar-refractivity contribution is 4.87. The summed E-state index contributed by atoms with van der Waals surface area (Å²) in [5.74, 6) is 1.41. The van der Waals surface area contributed by atoms with Gasteiger partial charge in [-0.1, -0.05) is 20.8 Å². The third-order valence-corrected chi connectivity index (χ3v) is 3.21. The van der Waals surface area contributed by atoms with Gasteiger partial charge in [-0.25, -0.2) is 0 Å². The SMILES string of the molecule is CC(C)CN1CC(C)CN(C)C(CC#N)C1. The van der Waals surface area contributed by atoms with Gasteiger partial charge in [0.2, 0.25) is 0 Å². The van der Waals surface area contributed by atoms with E-state index in [0.29, 0.717) is 24.3 Å². The lowest BCUT2D eigenvalue weighted by molar-refractivity contribution is 0.197. The Hall–Kier alpha value is -0.590. The summed E-state index contributed by atoms with van der Waals surface area (Å²) < 4.78 is 0. The molecule has 1 aliphatic rings. The lowest BCUT2D eigenvalue weighted by Gasteiger charge is -2.28. The van der Waals surface area contributed by atoms with E-state index in [-0.39, 0.29) is 0 Å². The van der Waals surface area contributed by atoms with Gasteiger partial charge < -0.3 is 9.80 Å². The lowest BCUT2D eigenvalue weighted by atomic mass is 10.1. The van der Waals surface area contributed by atoms with Crippen molar-refractivity contribution < 1.29 is 0 Å². The molecule has 1 heterocycles. The number of nitriles is 1. The summed E-state index contributed by atoms with van der Waals surface area (Å²) >= 11 is 0. The zero-order valence-corrected chi connectivity index (χ0v) is 11.1. The van der Waals surface area contributed by atoms with Gasteiger partial charge in [0.15, 0.2) is 0 Å². The average Bonchev–Trinajstić information content (AvgIpc) is 2.26. The molecule has 0 aromatic carbocycles. The molecule has 92 valence electrons. The largest absolute Gasteiger partial charge is 0.301 e. The summed E-state index contributed by atoms with van der Waals surface area (Å²) in [4.78, 5) is 4.88. The van der Waals surface area contributed by atoms with E-state index >= 15 is 0 Å². The molecular formula is C13H25N3. The molecule has 0 aliphatic carbocycles. The van der Waals surface area contributed by atoms with E-state index in [4.69, 9.17) is 5.26 Å². The molecule has 0 bridgehead atoms. The van der Waals surface area contributed by atoms with Gasteiger partial charge in [0.25, 0.3) is 0 Å². The Morgan fingerprint density at radius 3 is 2.56 bits per heavy atom. The lowest BCUT2D eigenvalue weighted by Crippen LogP contribution is -2.39. The van der Waals surface area contributed by atoms with Crippen molar-refractivity contribution in [1.29, 1.82) is 5.26 Å². The van der Waals surface area contributed by atoms with Crippen LogP contribution in [0.25, 0.3) is 0 Å². The van der Waals surface area contributed by atoms with Crippen LogP contribution in [-0.2, 0) is 0 Å². The monoisotopic (exact) mass is 223 g/mol. The molecule has 2 atom stereocenters. The maximum absolute atomic E-state index is 8.87. The smallest absolute Gasteiger partial charge is 0.0638 e. The van der Waals surface area contributed by atoms with Gasteiger partial charge in [0, 0.05) is 32.2 Å². The molecule has 0 aromatic heterocycles. The van der Waals surface area contributed by atoms with Crippen molar-refractivity contribution in [2.75, 3.05) is 33.2 Å². The Morgan fingerprint density at radius 2 is 2.00 bits per heavy atom. The Bertz CT molecular complexity index is 244. The number of rotatable bonds is 3. The van der Waals surface area contributed by atoms with Crippen LogP contribution in [0.2, 0.25) is 0 Å². The topological polar surface area (TPSA) is 30.3 Å². The summed E-state index contributed by atoms with van der Waals surface area (Å²) in [5, 5.41) is 8.87. The molecule has 1 fully saturated rings. The Labute approximate surface area is 100 Å². The Balaban J connectivity index is 2.62. The van der Waals surface area contributed by atoms with Crippen molar-refractivity contribution in [3.8, 4) is 6.07 Å². The normalized spacial score (nSPS) is 29.0. The fourth-order valence-corrected chi connectivity index (χ4v) is 2.64. The predicted molar refractivity (Wildman–Crippen MR) is 67.1 cm³/mol. The first-order valence-corrected chi connectivity index (χ1v) is 6.32. The van der Waals surface area contributed by atoms with Crippen molar-refractivity contribution >= 4 is 0 Å². The minimum atomic E-state index is 0.411. The number of nitrogens with zero attached hydrogens (tertiary/aromatic N) is 3. The van der Waals surface area contributed by atoms with Crippen LogP contribution in [0.15, 0.2) is 0 Å². The maximum Gasteiger partial charge on any atom is 0.0638 e. The quantitative estimate of drug-likeness (QED) is 0.731. The zero-order valence-electron chi connectivity index (χ0n) is 11.1. The molecule has 0 radical (unpaired) electrons. The van der Waals surface area contributed by atoms with Crippen molar-refractivity contribution in [1.82, 2.24) is 9.80 Å². The molecule has 16 heavy (non-hydrogen) atoms. The van der Waals surface area contributed by atoms with Gasteiger partial charge in [-0.2, -0.15) is 5.26 Å². The van der Waals surface area contributed by atoms with E-state index in [0.717, 1.165) is 19.6 Å².